The molecule has 1 saturated heterocycles. The minimum absolute atomic E-state index is 0.0543. The van der Waals surface area contributed by atoms with E-state index >= 15 is 0 Å². The average Bonchev–Trinajstić information content (AvgIpc) is 2.93. The number of fused-ring (bicyclic) bond motifs is 1. The van der Waals surface area contributed by atoms with Crippen LogP contribution in [0.25, 0.3) is 5.65 Å². The van der Waals surface area contributed by atoms with E-state index in [1.54, 1.807) is 12.1 Å². The van der Waals surface area contributed by atoms with Crippen LogP contribution in [0.5, 0.6) is 0 Å². The van der Waals surface area contributed by atoms with Crippen LogP contribution in [0.2, 0.25) is 0 Å². The minimum atomic E-state index is 0.0543. The second-order valence-corrected chi connectivity index (χ2v) is 5.44. The molecule has 1 unspecified atom stereocenters. The first-order valence-corrected chi connectivity index (χ1v) is 6.58. The first-order valence-electron chi connectivity index (χ1n) is 6.58. The van der Waals surface area contributed by atoms with Crippen molar-refractivity contribution in [3.63, 3.8) is 0 Å². The molecule has 0 radical (unpaired) electrons. The number of nitrogens with zero attached hydrogens (tertiary/aromatic N) is 2. The molecule has 0 spiro atoms. The van der Waals surface area contributed by atoms with Crippen molar-refractivity contribution in [2.24, 2.45) is 0 Å². The van der Waals surface area contributed by atoms with Crippen molar-refractivity contribution in [3.05, 3.63) is 40.4 Å². The molecule has 1 aliphatic heterocycles. The van der Waals surface area contributed by atoms with Gasteiger partial charge in [0.2, 0.25) is 0 Å². The number of nitrogens with one attached hydrogen (secondary N) is 1. The van der Waals surface area contributed by atoms with Crippen LogP contribution in [0.3, 0.4) is 0 Å². The Morgan fingerprint density at radius 2 is 2.28 bits per heavy atom. The molecular weight excluding hydrogens is 226 g/mol. The summed E-state index contributed by atoms with van der Waals surface area (Å²) in [6.45, 7) is 6.75. The third-order valence-corrected chi connectivity index (χ3v) is 3.90. The van der Waals surface area contributed by atoms with Gasteiger partial charge in [-0.25, -0.2) is 0 Å². The van der Waals surface area contributed by atoms with E-state index in [9.17, 15) is 4.79 Å². The van der Waals surface area contributed by atoms with Crippen molar-refractivity contribution in [2.45, 2.75) is 32.2 Å². The summed E-state index contributed by atoms with van der Waals surface area (Å²) >= 11 is 0. The third-order valence-electron chi connectivity index (χ3n) is 3.90. The Kier molecular flexibility index (Phi) is 2.74. The quantitative estimate of drug-likeness (QED) is 0.877. The molecule has 1 N–H and O–H groups in total. The summed E-state index contributed by atoms with van der Waals surface area (Å²) in [5.41, 5.74) is 2.18. The summed E-state index contributed by atoms with van der Waals surface area (Å²) in [5.74, 6) is 0.558. The molecule has 4 nitrogen and oxygen atoms in total. The van der Waals surface area contributed by atoms with Crippen LogP contribution in [0.15, 0.2) is 29.3 Å². The molecular formula is C14H19N3O. The van der Waals surface area contributed by atoms with Gasteiger partial charge in [0.15, 0.2) is 5.43 Å². The number of imidazole rings is 1. The van der Waals surface area contributed by atoms with Crippen molar-refractivity contribution in [3.8, 4) is 0 Å². The summed E-state index contributed by atoms with van der Waals surface area (Å²) in [6, 6.07) is 3.86. The Bertz CT molecular complexity index is 611. The maximum Gasteiger partial charge on any atom is 0.183 e. The van der Waals surface area contributed by atoms with Gasteiger partial charge in [0, 0.05) is 48.7 Å². The topological polar surface area (TPSA) is 40.5 Å². The molecule has 0 amide bonds. The van der Waals surface area contributed by atoms with Crippen LogP contribution in [-0.4, -0.2) is 33.4 Å². The van der Waals surface area contributed by atoms with Gasteiger partial charge >= 0.3 is 0 Å². The number of hydrogen-bond donors (Lipinski definition) is 1. The normalized spacial score (nSPS) is 21.2. The van der Waals surface area contributed by atoms with E-state index in [0.717, 1.165) is 18.7 Å². The van der Waals surface area contributed by atoms with E-state index in [1.807, 2.05) is 10.6 Å². The van der Waals surface area contributed by atoms with Crippen LogP contribution in [0, 0.1) is 0 Å². The van der Waals surface area contributed by atoms with E-state index in [0.29, 0.717) is 12.0 Å². The lowest BCUT2D eigenvalue weighted by atomic mass is 10.1. The zero-order chi connectivity index (χ0) is 12.7. The van der Waals surface area contributed by atoms with Crippen molar-refractivity contribution in [2.75, 3.05) is 13.1 Å². The van der Waals surface area contributed by atoms with Crippen molar-refractivity contribution >= 4 is 5.65 Å². The predicted octanol–water partition coefficient (Wildman–Crippen LogP) is 1.83. The van der Waals surface area contributed by atoms with Crippen molar-refractivity contribution in [1.29, 1.82) is 0 Å². The number of pyridine rings is 1. The van der Waals surface area contributed by atoms with Gasteiger partial charge in [-0.1, -0.05) is 0 Å². The summed E-state index contributed by atoms with van der Waals surface area (Å²) in [5, 5.41) is 0. The lowest BCUT2D eigenvalue weighted by Gasteiger charge is -2.19. The molecule has 1 aliphatic rings. The summed E-state index contributed by atoms with van der Waals surface area (Å²) in [4.78, 5) is 17.2. The molecule has 96 valence electrons. The Balaban J connectivity index is 1.89. The molecule has 4 heteroatoms. The smallest absolute Gasteiger partial charge is 0.183 e. The van der Waals surface area contributed by atoms with Gasteiger partial charge < -0.3 is 14.3 Å². The van der Waals surface area contributed by atoms with Gasteiger partial charge in [-0.2, -0.15) is 0 Å². The summed E-state index contributed by atoms with van der Waals surface area (Å²) < 4.78 is 1.99. The van der Waals surface area contributed by atoms with Gasteiger partial charge in [0.1, 0.15) is 5.65 Å². The molecule has 0 aromatic carbocycles. The Morgan fingerprint density at radius 3 is 3.00 bits per heavy atom. The Labute approximate surface area is 106 Å². The van der Waals surface area contributed by atoms with Crippen LogP contribution in [0.4, 0.5) is 0 Å². The fraction of sp³-hybridized carbons (Fsp3) is 0.500. The molecule has 1 atom stereocenters. The van der Waals surface area contributed by atoms with Gasteiger partial charge in [0.05, 0.1) is 0 Å². The maximum absolute atomic E-state index is 11.3. The first kappa shape index (κ1) is 11.5. The number of H-pyrrole nitrogens is 1. The zero-order valence-electron chi connectivity index (χ0n) is 10.9. The molecule has 2 aromatic rings. The van der Waals surface area contributed by atoms with Gasteiger partial charge in [0.25, 0.3) is 0 Å². The minimum Gasteiger partial charge on any atom is -0.343 e. The summed E-state index contributed by atoms with van der Waals surface area (Å²) in [6.07, 6.45) is 5.13. The molecule has 2 aromatic heterocycles. The Morgan fingerprint density at radius 1 is 1.44 bits per heavy atom. The highest BCUT2D eigenvalue weighted by molar-refractivity contribution is 5.40. The average molecular weight is 245 g/mol. The monoisotopic (exact) mass is 245 g/mol. The predicted molar refractivity (Wildman–Crippen MR) is 72.1 cm³/mol. The molecule has 0 saturated carbocycles. The van der Waals surface area contributed by atoms with Crippen molar-refractivity contribution in [1.82, 2.24) is 14.3 Å². The number of aromatic amines is 1. The molecule has 3 heterocycles. The summed E-state index contributed by atoms with van der Waals surface area (Å²) in [7, 11) is 0. The van der Waals surface area contributed by atoms with E-state index in [4.69, 9.17) is 0 Å². The fourth-order valence-corrected chi connectivity index (χ4v) is 2.75. The number of aromatic nitrogens is 2. The van der Waals surface area contributed by atoms with E-state index in [2.05, 4.69) is 29.9 Å². The lowest BCUT2D eigenvalue weighted by molar-refractivity contribution is 0.272. The zero-order valence-corrected chi connectivity index (χ0v) is 10.9. The number of likely N-dealkylation sites (tertiary alicyclic amines) is 1. The van der Waals surface area contributed by atoms with Crippen LogP contribution in [0.1, 0.15) is 31.9 Å². The van der Waals surface area contributed by atoms with Crippen LogP contribution in [-0.2, 0) is 0 Å². The second kappa shape index (κ2) is 4.28. The van der Waals surface area contributed by atoms with Crippen molar-refractivity contribution < 1.29 is 0 Å². The van der Waals surface area contributed by atoms with Crippen LogP contribution >= 0.6 is 0 Å². The number of rotatable bonds is 2. The van der Waals surface area contributed by atoms with E-state index < -0.39 is 0 Å². The largest absolute Gasteiger partial charge is 0.343 e. The third kappa shape index (κ3) is 1.97. The maximum atomic E-state index is 11.3. The highest BCUT2D eigenvalue weighted by atomic mass is 16.1. The molecule has 18 heavy (non-hydrogen) atoms. The van der Waals surface area contributed by atoms with Gasteiger partial charge in [-0.05, 0) is 26.8 Å². The highest BCUT2D eigenvalue weighted by Crippen LogP contribution is 2.27. The van der Waals surface area contributed by atoms with E-state index in [1.165, 1.54) is 12.1 Å². The standard InChI is InChI=1S/C14H19N3O/c1-10(2)16-5-3-11(8-16)13-9-17-6-4-12(18)7-14(17)15-13/h4,6-7,9-11,15H,3,5,8H2,1-2H3. The number of hydrogen-bond acceptors (Lipinski definition) is 2. The molecule has 0 bridgehead atoms. The second-order valence-electron chi connectivity index (χ2n) is 5.44. The molecule has 3 rings (SSSR count). The molecule has 0 aliphatic carbocycles. The van der Waals surface area contributed by atoms with Gasteiger partial charge in [-0.15, -0.1) is 0 Å². The molecule has 1 fully saturated rings. The highest BCUT2D eigenvalue weighted by Gasteiger charge is 2.26. The van der Waals surface area contributed by atoms with E-state index in [-0.39, 0.29) is 5.43 Å². The van der Waals surface area contributed by atoms with Crippen LogP contribution < -0.4 is 5.43 Å². The first-order chi connectivity index (χ1) is 8.63. The van der Waals surface area contributed by atoms with Gasteiger partial charge in [-0.3, -0.25) is 4.79 Å². The fourth-order valence-electron chi connectivity index (χ4n) is 2.75. The lowest BCUT2D eigenvalue weighted by Crippen LogP contribution is -2.27. The SMILES string of the molecule is CC(C)N1CCC(c2cn3ccc(=O)cc3[nH]2)C1. The Hall–Kier alpha value is -1.55.